The Morgan fingerprint density at radius 2 is 2.09 bits per heavy atom. The van der Waals surface area contributed by atoms with Crippen molar-refractivity contribution in [1.82, 2.24) is 19.7 Å². The van der Waals surface area contributed by atoms with Crippen LogP contribution in [0.25, 0.3) is 22.6 Å². The van der Waals surface area contributed by atoms with Gasteiger partial charge in [-0.15, -0.1) is 0 Å². The highest BCUT2D eigenvalue weighted by molar-refractivity contribution is 6.33. The number of ether oxygens (including phenoxy) is 2. The normalized spacial score (nSPS) is 16.6. The van der Waals surface area contributed by atoms with Gasteiger partial charge in [0.25, 0.3) is 0 Å². The summed E-state index contributed by atoms with van der Waals surface area (Å²) in [4.78, 5) is 7.96. The number of rotatable bonds is 3. The number of H-pyrrole nitrogens is 1. The topological polar surface area (TPSA) is 65.0 Å². The molecule has 6 nitrogen and oxygen atoms in total. The van der Waals surface area contributed by atoms with Crippen molar-refractivity contribution in [3.05, 3.63) is 23.4 Å². The van der Waals surface area contributed by atoms with E-state index >= 15 is 0 Å². The molecule has 0 radical (unpaired) electrons. The van der Waals surface area contributed by atoms with E-state index in [9.17, 15) is 0 Å². The lowest BCUT2D eigenvalue weighted by Gasteiger charge is -2.03. The lowest BCUT2D eigenvalue weighted by Crippen LogP contribution is -2.01. The number of nitrogens with one attached hydrogen (secondary N) is 1. The standard InChI is InChI=1S/C15H13ClN4O2/c16-10-4-13-12(21-7-22-13)3-9(10)14-18-11-5-17-20(15(11)19-14)6-8-1-2-8/h3-5,8H,1-2,6-7H2,(H,18,19). The molecule has 7 heteroatoms. The molecule has 0 bridgehead atoms. The molecule has 2 aromatic heterocycles. The molecular formula is C15H13ClN4O2. The van der Waals surface area contributed by atoms with Gasteiger partial charge in [-0.2, -0.15) is 5.10 Å². The first kappa shape index (κ1) is 12.3. The van der Waals surface area contributed by atoms with Crippen molar-refractivity contribution >= 4 is 22.8 Å². The average Bonchev–Trinajstić information content (AvgIpc) is 2.91. The van der Waals surface area contributed by atoms with Crippen molar-refractivity contribution in [3.63, 3.8) is 0 Å². The second-order valence-corrected chi connectivity index (χ2v) is 6.19. The molecule has 1 fully saturated rings. The van der Waals surface area contributed by atoms with E-state index in [0.29, 0.717) is 16.5 Å². The van der Waals surface area contributed by atoms with E-state index < -0.39 is 0 Å². The van der Waals surface area contributed by atoms with Gasteiger partial charge in [-0.3, -0.25) is 0 Å². The Kier molecular flexibility index (Phi) is 2.47. The van der Waals surface area contributed by atoms with Crippen LogP contribution in [-0.2, 0) is 6.54 Å². The summed E-state index contributed by atoms with van der Waals surface area (Å²) < 4.78 is 12.7. The first-order valence-electron chi connectivity index (χ1n) is 7.29. The Balaban J connectivity index is 1.60. The summed E-state index contributed by atoms with van der Waals surface area (Å²) in [7, 11) is 0. The molecule has 3 aromatic rings. The van der Waals surface area contributed by atoms with Crippen LogP contribution in [-0.4, -0.2) is 26.5 Å². The fraction of sp³-hybridized carbons (Fsp3) is 0.333. The molecule has 2 aliphatic rings. The predicted octanol–water partition coefficient (Wildman–Crippen LogP) is 3.22. The highest BCUT2D eigenvalue weighted by Crippen LogP contribution is 2.40. The fourth-order valence-corrected chi connectivity index (χ4v) is 2.99. The summed E-state index contributed by atoms with van der Waals surface area (Å²) in [6, 6.07) is 3.63. The lowest BCUT2D eigenvalue weighted by atomic mass is 10.2. The number of imidazole rings is 1. The van der Waals surface area contributed by atoms with E-state index in [1.807, 2.05) is 16.9 Å². The number of hydrogen-bond acceptors (Lipinski definition) is 4. The number of benzene rings is 1. The van der Waals surface area contributed by atoms with Crippen LogP contribution in [0.3, 0.4) is 0 Å². The average molecular weight is 317 g/mol. The zero-order valence-electron chi connectivity index (χ0n) is 11.7. The molecule has 0 atom stereocenters. The van der Waals surface area contributed by atoms with Crippen LogP contribution in [0.5, 0.6) is 11.5 Å². The highest BCUT2D eigenvalue weighted by atomic mass is 35.5. The summed E-state index contributed by atoms with van der Waals surface area (Å²) in [5.41, 5.74) is 2.60. The Morgan fingerprint density at radius 3 is 2.91 bits per heavy atom. The zero-order chi connectivity index (χ0) is 14.7. The first-order chi connectivity index (χ1) is 10.8. The van der Waals surface area contributed by atoms with Crippen molar-refractivity contribution in [2.45, 2.75) is 19.4 Å². The molecule has 0 unspecified atom stereocenters. The van der Waals surface area contributed by atoms with E-state index in [1.165, 1.54) is 12.8 Å². The van der Waals surface area contributed by atoms with Gasteiger partial charge >= 0.3 is 0 Å². The number of aromatic amines is 1. The molecule has 1 aliphatic carbocycles. The smallest absolute Gasteiger partial charge is 0.231 e. The molecule has 1 aromatic carbocycles. The Morgan fingerprint density at radius 1 is 1.27 bits per heavy atom. The van der Waals surface area contributed by atoms with E-state index in [-0.39, 0.29) is 6.79 Å². The molecule has 1 N–H and O–H groups in total. The Hall–Kier alpha value is -2.21. The fourth-order valence-electron chi connectivity index (χ4n) is 2.75. The van der Waals surface area contributed by atoms with E-state index in [4.69, 9.17) is 21.1 Å². The Bertz CT molecular complexity index is 881. The van der Waals surface area contributed by atoms with Crippen LogP contribution in [0.2, 0.25) is 5.02 Å². The summed E-state index contributed by atoms with van der Waals surface area (Å²) in [5, 5.41) is 4.98. The maximum absolute atomic E-state index is 6.35. The van der Waals surface area contributed by atoms with Crippen LogP contribution in [0, 0.1) is 5.92 Å². The van der Waals surface area contributed by atoms with Gasteiger partial charge in [-0.25, -0.2) is 9.67 Å². The number of fused-ring (bicyclic) bond motifs is 2. The van der Waals surface area contributed by atoms with Crippen molar-refractivity contribution < 1.29 is 9.47 Å². The minimum Gasteiger partial charge on any atom is -0.454 e. The van der Waals surface area contributed by atoms with Gasteiger partial charge in [0.1, 0.15) is 11.3 Å². The molecule has 0 saturated heterocycles. The quantitative estimate of drug-likeness (QED) is 0.805. The molecule has 1 aliphatic heterocycles. The minimum atomic E-state index is 0.228. The van der Waals surface area contributed by atoms with Crippen LogP contribution in [0.15, 0.2) is 18.3 Å². The lowest BCUT2D eigenvalue weighted by molar-refractivity contribution is 0.174. The summed E-state index contributed by atoms with van der Waals surface area (Å²) >= 11 is 6.35. The van der Waals surface area contributed by atoms with Crippen molar-refractivity contribution in [3.8, 4) is 22.9 Å². The van der Waals surface area contributed by atoms with Gasteiger partial charge in [0, 0.05) is 18.2 Å². The molecule has 0 amide bonds. The monoisotopic (exact) mass is 316 g/mol. The molecule has 5 rings (SSSR count). The summed E-state index contributed by atoms with van der Waals surface area (Å²) in [6.45, 7) is 1.16. The second-order valence-electron chi connectivity index (χ2n) is 5.78. The van der Waals surface area contributed by atoms with Crippen LogP contribution in [0.1, 0.15) is 12.8 Å². The Labute approximate surface area is 131 Å². The van der Waals surface area contributed by atoms with Crippen LogP contribution < -0.4 is 9.47 Å². The number of hydrogen-bond donors (Lipinski definition) is 1. The molecular weight excluding hydrogens is 304 g/mol. The largest absolute Gasteiger partial charge is 0.454 e. The molecule has 22 heavy (non-hydrogen) atoms. The third kappa shape index (κ3) is 1.87. The number of nitrogens with zero attached hydrogens (tertiary/aromatic N) is 3. The van der Waals surface area contributed by atoms with Crippen LogP contribution in [0.4, 0.5) is 0 Å². The molecule has 112 valence electrons. The second kappa shape index (κ2) is 4.39. The van der Waals surface area contributed by atoms with Gasteiger partial charge in [0.05, 0.1) is 11.2 Å². The molecule has 3 heterocycles. The molecule has 0 spiro atoms. The van der Waals surface area contributed by atoms with Crippen LogP contribution >= 0.6 is 11.6 Å². The van der Waals surface area contributed by atoms with E-state index in [1.54, 1.807) is 6.07 Å². The maximum Gasteiger partial charge on any atom is 0.231 e. The zero-order valence-corrected chi connectivity index (χ0v) is 12.4. The number of aromatic nitrogens is 4. The van der Waals surface area contributed by atoms with Gasteiger partial charge < -0.3 is 14.5 Å². The summed E-state index contributed by atoms with van der Waals surface area (Å²) in [6.07, 6.45) is 4.38. The van der Waals surface area contributed by atoms with E-state index in [2.05, 4.69) is 15.1 Å². The highest BCUT2D eigenvalue weighted by Gasteiger charge is 2.24. The van der Waals surface area contributed by atoms with Crippen molar-refractivity contribution in [2.24, 2.45) is 5.92 Å². The maximum atomic E-state index is 6.35. The van der Waals surface area contributed by atoms with Gasteiger partial charge in [-0.1, -0.05) is 11.6 Å². The molecule has 1 saturated carbocycles. The van der Waals surface area contributed by atoms with Crippen molar-refractivity contribution in [2.75, 3.05) is 6.79 Å². The minimum absolute atomic E-state index is 0.228. The van der Waals surface area contributed by atoms with Gasteiger partial charge in [0.2, 0.25) is 6.79 Å². The predicted molar refractivity (Wildman–Crippen MR) is 81.2 cm³/mol. The van der Waals surface area contributed by atoms with Gasteiger partial charge in [0.15, 0.2) is 17.1 Å². The third-order valence-corrected chi connectivity index (χ3v) is 4.44. The summed E-state index contributed by atoms with van der Waals surface area (Å²) in [5.74, 6) is 2.84. The first-order valence-corrected chi connectivity index (χ1v) is 7.67. The number of halogens is 1. The third-order valence-electron chi connectivity index (χ3n) is 4.13. The van der Waals surface area contributed by atoms with E-state index in [0.717, 1.165) is 35.0 Å². The van der Waals surface area contributed by atoms with Gasteiger partial charge in [-0.05, 0) is 24.8 Å². The SMILES string of the molecule is Clc1cc2c(cc1-c1nc3c(cnn3CC3CC3)[nH]1)OCO2. The van der Waals surface area contributed by atoms with Crippen molar-refractivity contribution in [1.29, 1.82) is 0 Å².